The molecule has 172 valence electrons. The largest absolute Gasteiger partial charge is 0.595 e. The van der Waals surface area contributed by atoms with Crippen LogP contribution in [0.15, 0.2) is 42.5 Å². The van der Waals surface area contributed by atoms with Crippen LogP contribution in [-0.4, -0.2) is 16.3 Å². The van der Waals surface area contributed by atoms with Crippen molar-refractivity contribution in [1.82, 2.24) is 0 Å². The molecule has 4 rings (SSSR count). The predicted octanol–water partition coefficient (Wildman–Crippen LogP) is 3.93. The molecule has 0 amide bonds. The summed E-state index contributed by atoms with van der Waals surface area (Å²) in [7, 11) is 0. The molecule has 1 fully saturated rings. The normalized spacial score (nSPS) is 28.4. The van der Waals surface area contributed by atoms with Crippen LogP contribution in [0, 0.1) is 16.5 Å². The van der Waals surface area contributed by atoms with Crippen molar-refractivity contribution in [2.24, 2.45) is 11.3 Å². The summed E-state index contributed by atoms with van der Waals surface area (Å²) in [6, 6.07) is 12.3. The van der Waals surface area contributed by atoms with Crippen molar-refractivity contribution in [2.75, 3.05) is 0 Å². The Kier molecular flexibility index (Phi) is 5.70. The van der Waals surface area contributed by atoms with Crippen LogP contribution in [0.1, 0.15) is 70.1 Å². The molecule has 0 saturated heterocycles. The predicted molar refractivity (Wildman–Crippen MR) is 121 cm³/mol. The van der Waals surface area contributed by atoms with Crippen molar-refractivity contribution < 1.29 is 25.1 Å². The number of nitrogens with one attached hydrogen (secondary N) is 1. The fourth-order valence-corrected chi connectivity index (χ4v) is 6.01. The van der Waals surface area contributed by atoms with Crippen LogP contribution in [0.2, 0.25) is 0 Å². The van der Waals surface area contributed by atoms with Gasteiger partial charge < -0.3 is 15.1 Å². The number of aryl methyl sites for hydroxylation is 1. The highest BCUT2D eigenvalue weighted by Crippen LogP contribution is 2.57. The summed E-state index contributed by atoms with van der Waals surface area (Å²) in [6.07, 6.45) is 4.49. The van der Waals surface area contributed by atoms with E-state index in [4.69, 9.17) is 9.94 Å². The topological polar surface area (TPSA) is 94.3 Å². The van der Waals surface area contributed by atoms with E-state index in [-0.39, 0.29) is 23.0 Å². The molecule has 6 nitrogen and oxygen atoms in total. The second-order valence-corrected chi connectivity index (χ2v) is 10.4. The number of hydrogen-bond donors (Lipinski definition) is 3. The quantitative estimate of drug-likeness (QED) is 0.381. The van der Waals surface area contributed by atoms with E-state index in [1.165, 1.54) is 23.3 Å². The summed E-state index contributed by atoms with van der Waals surface area (Å²) in [5, 5.41) is 29.6. The smallest absolute Gasteiger partial charge is 0.317 e. The van der Waals surface area contributed by atoms with Gasteiger partial charge in [0.2, 0.25) is 0 Å². The molecule has 32 heavy (non-hydrogen) atoms. The van der Waals surface area contributed by atoms with Crippen molar-refractivity contribution >= 4 is 11.7 Å². The maximum Gasteiger partial charge on any atom is 0.317 e. The minimum Gasteiger partial charge on any atom is -0.595 e. The zero-order valence-corrected chi connectivity index (χ0v) is 19.3. The number of hydrogen-bond acceptors (Lipinski definition) is 5. The number of rotatable bonds is 4. The van der Waals surface area contributed by atoms with Gasteiger partial charge in [0.05, 0.1) is 11.0 Å². The van der Waals surface area contributed by atoms with Gasteiger partial charge in [-0.05, 0) is 86.6 Å². The van der Waals surface area contributed by atoms with Gasteiger partial charge in [-0.2, -0.15) is 5.23 Å². The molecule has 0 aromatic heterocycles. The zero-order valence-electron chi connectivity index (χ0n) is 19.3. The molecule has 0 spiro atoms. The van der Waals surface area contributed by atoms with Crippen LogP contribution >= 0.6 is 0 Å². The summed E-state index contributed by atoms with van der Waals surface area (Å²) in [6.45, 7) is 7.91. The van der Waals surface area contributed by atoms with Crippen molar-refractivity contribution in [3.8, 4) is 5.75 Å². The van der Waals surface area contributed by atoms with Gasteiger partial charge in [0, 0.05) is 12.1 Å². The lowest BCUT2D eigenvalue weighted by molar-refractivity contribution is -0.991. The summed E-state index contributed by atoms with van der Waals surface area (Å²) in [5.41, 5.74) is 2.00. The van der Waals surface area contributed by atoms with Gasteiger partial charge in [0.15, 0.2) is 5.69 Å². The van der Waals surface area contributed by atoms with Crippen LogP contribution < -0.4 is 9.96 Å². The molecule has 0 bridgehead atoms. The first-order valence-electron chi connectivity index (χ1n) is 11.4. The molecule has 6 heteroatoms. The van der Waals surface area contributed by atoms with Crippen molar-refractivity contribution in [1.29, 1.82) is 0 Å². The molecular weight excluding hydrogens is 406 g/mol. The molecule has 2 aliphatic rings. The van der Waals surface area contributed by atoms with Gasteiger partial charge in [-0.1, -0.05) is 31.5 Å². The summed E-state index contributed by atoms with van der Waals surface area (Å²) in [4.78, 5) is 13.4. The molecule has 1 saturated carbocycles. The first-order valence-corrected chi connectivity index (χ1v) is 11.4. The van der Waals surface area contributed by atoms with Gasteiger partial charge >= 0.3 is 5.97 Å². The first-order chi connectivity index (χ1) is 14.9. The van der Waals surface area contributed by atoms with Crippen LogP contribution in [0.3, 0.4) is 0 Å². The number of carbonyl (C=O) groups is 1. The fraction of sp³-hybridized carbons (Fsp3) is 0.500. The molecule has 2 aromatic carbocycles. The third-order valence-electron chi connectivity index (χ3n) is 7.84. The molecule has 0 radical (unpaired) electrons. The first kappa shape index (κ1) is 22.9. The highest BCUT2D eigenvalue weighted by molar-refractivity contribution is 5.80. The van der Waals surface area contributed by atoms with E-state index in [9.17, 15) is 15.1 Å². The molecule has 0 aliphatic heterocycles. The second kappa shape index (κ2) is 7.96. The van der Waals surface area contributed by atoms with E-state index in [2.05, 4.69) is 19.1 Å². The van der Waals surface area contributed by atoms with Gasteiger partial charge in [0.25, 0.3) is 0 Å². The van der Waals surface area contributed by atoms with Gasteiger partial charge in [-0.3, -0.25) is 4.79 Å². The highest BCUT2D eigenvalue weighted by Gasteiger charge is 2.56. The Labute approximate surface area is 189 Å². The van der Waals surface area contributed by atoms with Gasteiger partial charge in [0.1, 0.15) is 5.75 Å². The standard InChI is InChI=1S/C26H33NO5/c1-24(2,29)18-7-12-21-17(16-18)6-13-22-25(21,3)14-5-15-26(22,4)23(28)32-20-10-8-19(9-11-20)27(30)31/h7-12,16,22,27,29-30H,5-6,13-15H2,1-4H3/t22-,25-,26-/m1/s1. The van der Waals surface area contributed by atoms with Crippen molar-refractivity contribution in [3.05, 3.63) is 64.4 Å². The Morgan fingerprint density at radius 2 is 1.84 bits per heavy atom. The van der Waals surface area contributed by atoms with E-state index < -0.39 is 16.2 Å². The number of esters is 1. The Balaban J connectivity index is 1.62. The Hall–Kier alpha value is -2.25. The Bertz CT molecular complexity index is 1010. The summed E-state index contributed by atoms with van der Waals surface area (Å²) < 4.78 is 5.77. The minimum absolute atomic E-state index is 0.134. The number of fused-ring (bicyclic) bond motifs is 3. The lowest BCUT2D eigenvalue weighted by Crippen LogP contribution is -2.99. The van der Waals surface area contributed by atoms with E-state index >= 15 is 0 Å². The average molecular weight is 440 g/mol. The van der Waals surface area contributed by atoms with Crippen molar-refractivity contribution in [3.63, 3.8) is 0 Å². The van der Waals surface area contributed by atoms with Gasteiger partial charge in [-0.15, -0.1) is 0 Å². The van der Waals surface area contributed by atoms with Crippen LogP contribution in [-0.2, 0) is 22.2 Å². The molecule has 1 unspecified atom stereocenters. The number of quaternary nitrogens is 1. The zero-order chi connectivity index (χ0) is 23.3. The molecule has 0 heterocycles. The van der Waals surface area contributed by atoms with E-state index in [0.717, 1.165) is 37.7 Å². The van der Waals surface area contributed by atoms with Crippen LogP contribution in [0.25, 0.3) is 0 Å². The van der Waals surface area contributed by atoms with E-state index in [1.807, 2.05) is 13.0 Å². The number of aliphatic hydroxyl groups is 1. The van der Waals surface area contributed by atoms with Crippen LogP contribution in [0.5, 0.6) is 5.75 Å². The summed E-state index contributed by atoms with van der Waals surface area (Å²) >= 11 is 0. The molecule has 2 aliphatic carbocycles. The second-order valence-electron chi connectivity index (χ2n) is 10.4. The van der Waals surface area contributed by atoms with Crippen molar-refractivity contribution in [2.45, 2.75) is 70.8 Å². The van der Waals surface area contributed by atoms with E-state index in [1.54, 1.807) is 26.0 Å². The molecule has 2 aromatic rings. The number of ether oxygens (including phenoxy) is 1. The SMILES string of the molecule is CC(C)(O)c1ccc2c(c1)CC[C@H]1[C@](C)(C(=O)Oc3ccc([NH+]([O-])O)cc3)CCC[C@]21C. The van der Waals surface area contributed by atoms with Gasteiger partial charge in [-0.25, -0.2) is 5.21 Å². The third kappa shape index (κ3) is 3.86. The number of carbonyl (C=O) groups excluding carboxylic acids is 1. The lowest BCUT2D eigenvalue weighted by atomic mass is 9.49. The third-order valence-corrected chi connectivity index (χ3v) is 7.84. The van der Waals surface area contributed by atoms with E-state index in [0.29, 0.717) is 5.75 Å². The maximum absolute atomic E-state index is 13.4. The fourth-order valence-electron chi connectivity index (χ4n) is 6.01. The molecular formula is C26H33NO5. The Morgan fingerprint density at radius 3 is 2.47 bits per heavy atom. The minimum atomic E-state index is -1.01. The monoisotopic (exact) mass is 439 g/mol. The molecule has 4 atom stereocenters. The lowest BCUT2D eigenvalue weighted by Gasteiger charge is -2.54. The van der Waals surface area contributed by atoms with Crippen LogP contribution in [0.4, 0.5) is 5.69 Å². The average Bonchev–Trinajstić information content (AvgIpc) is 2.73. The highest BCUT2D eigenvalue weighted by atomic mass is 16.8. The maximum atomic E-state index is 13.4. The Morgan fingerprint density at radius 1 is 1.16 bits per heavy atom. The summed E-state index contributed by atoms with van der Waals surface area (Å²) in [5.74, 6) is 0.280. The molecule has 3 N–H and O–H groups in total. The number of benzene rings is 2.